The molecule has 22 heavy (non-hydrogen) atoms. The molecule has 3 heteroatoms. The lowest BCUT2D eigenvalue weighted by Crippen LogP contribution is -2.46. The summed E-state index contributed by atoms with van der Waals surface area (Å²) in [5, 5.41) is 0. The molecule has 0 radical (unpaired) electrons. The van der Waals surface area contributed by atoms with Gasteiger partial charge >= 0.3 is 0 Å². The molecule has 3 heterocycles. The lowest BCUT2D eigenvalue weighted by molar-refractivity contribution is 0.0788. The molecular formula is C19H28N2S. The standard InChI is InChI=1S/C19H28N2S/c1-2-4-16(5-3-1)15-21-18-6-7-19(21)13-17(12-18)14-20-8-10-22-11-9-20/h1-5,17-19H,6-15H2. The second-order valence-electron chi connectivity index (χ2n) is 7.29. The lowest BCUT2D eigenvalue weighted by Gasteiger charge is -2.41. The number of hydrogen-bond acceptors (Lipinski definition) is 3. The SMILES string of the molecule is c1ccc(CN2C3CCC2CC(CN2CCSCC2)C3)cc1. The molecule has 0 amide bonds. The van der Waals surface area contributed by atoms with Crippen LogP contribution in [0.1, 0.15) is 31.2 Å². The zero-order chi connectivity index (χ0) is 14.8. The third-order valence-corrected chi connectivity index (χ3v) is 6.75. The lowest BCUT2D eigenvalue weighted by atomic mass is 9.89. The molecule has 2 unspecified atom stereocenters. The number of fused-ring (bicyclic) bond motifs is 2. The second kappa shape index (κ2) is 6.94. The van der Waals surface area contributed by atoms with Crippen molar-refractivity contribution in [2.24, 2.45) is 5.92 Å². The Morgan fingerprint density at radius 2 is 1.64 bits per heavy atom. The van der Waals surface area contributed by atoms with Crippen LogP contribution in [-0.4, -0.2) is 53.0 Å². The molecule has 3 aliphatic heterocycles. The largest absolute Gasteiger partial charge is 0.301 e. The highest BCUT2D eigenvalue weighted by Crippen LogP contribution is 2.40. The van der Waals surface area contributed by atoms with Gasteiger partial charge in [0.25, 0.3) is 0 Å². The van der Waals surface area contributed by atoms with E-state index in [2.05, 4.69) is 51.9 Å². The maximum Gasteiger partial charge on any atom is 0.0239 e. The number of piperidine rings is 1. The van der Waals surface area contributed by atoms with Gasteiger partial charge in [0.1, 0.15) is 0 Å². The average molecular weight is 317 g/mol. The molecule has 0 aliphatic carbocycles. The van der Waals surface area contributed by atoms with Crippen molar-refractivity contribution in [1.82, 2.24) is 9.80 Å². The molecule has 0 saturated carbocycles. The molecule has 2 nitrogen and oxygen atoms in total. The maximum atomic E-state index is 2.82. The van der Waals surface area contributed by atoms with Crippen molar-refractivity contribution < 1.29 is 0 Å². The number of rotatable bonds is 4. The van der Waals surface area contributed by atoms with Crippen LogP contribution in [0.4, 0.5) is 0 Å². The molecule has 2 bridgehead atoms. The fraction of sp³-hybridized carbons (Fsp3) is 0.684. The summed E-state index contributed by atoms with van der Waals surface area (Å²) in [4.78, 5) is 5.55. The highest BCUT2D eigenvalue weighted by Gasteiger charge is 2.40. The van der Waals surface area contributed by atoms with Crippen LogP contribution in [0.15, 0.2) is 30.3 Å². The highest BCUT2D eigenvalue weighted by molar-refractivity contribution is 7.99. The predicted octanol–water partition coefficient (Wildman–Crippen LogP) is 3.48. The van der Waals surface area contributed by atoms with Crippen molar-refractivity contribution in [2.75, 3.05) is 31.1 Å². The molecule has 3 fully saturated rings. The number of thioether (sulfide) groups is 1. The molecule has 4 rings (SSSR count). The zero-order valence-corrected chi connectivity index (χ0v) is 14.3. The van der Waals surface area contributed by atoms with Crippen LogP contribution in [0.5, 0.6) is 0 Å². The molecule has 0 N–H and O–H groups in total. The summed E-state index contributed by atoms with van der Waals surface area (Å²) in [6, 6.07) is 12.8. The minimum absolute atomic E-state index is 0.850. The van der Waals surface area contributed by atoms with Crippen molar-refractivity contribution in [3.63, 3.8) is 0 Å². The van der Waals surface area contributed by atoms with E-state index in [4.69, 9.17) is 0 Å². The van der Waals surface area contributed by atoms with E-state index < -0.39 is 0 Å². The van der Waals surface area contributed by atoms with Gasteiger partial charge in [-0.1, -0.05) is 30.3 Å². The fourth-order valence-electron chi connectivity index (χ4n) is 4.74. The number of hydrogen-bond donors (Lipinski definition) is 0. The molecular weight excluding hydrogens is 288 g/mol. The molecule has 1 aromatic rings. The van der Waals surface area contributed by atoms with Crippen LogP contribution in [0.2, 0.25) is 0 Å². The summed E-state index contributed by atoms with van der Waals surface area (Å²) in [7, 11) is 0. The van der Waals surface area contributed by atoms with E-state index in [-0.39, 0.29) is 0 Å². The Hall–Kier alpha value is -0.510. The summed E-state index contributed by atoms with van der Waals surface area (Å²) in [6.07, 6.45) is 5.74. The van der Waals surface area contributed by atoms with E-state index in [1.165, 1.54) is 68.9 Å². The first kappa shape index (κ1) is 15.0. The fourth-order valence-corrected chi connectivity index (χ4v) is 5.72. The van der Waals surface area contributed by atoms with Crippen LogP contribution in [0.3, 0.4) is 0 Å². The summed E-state index contributed by atoms with van der Waals surface area (Å²) in [5.41, 5.74) is 1.49. The van der Waals surface area contributed by atoms with E-state index >= 15 is 0 Å². The van der Waals surface area contributed by atoms with Gasteiger partial charge in [0.15, 0.2) is 0 Å². The van der Waals surface area contributed by atoms with Crippen molar-refractivity contribution in [3.05, 3.63) is 35.9 Å². The molecule has 0 aromatic heterocycles. The third-order valence-electron chi connectivity index (χ3n) is 5.81. The molecule has 1 aromatic carbocycles. The van der Waals surface area contributed by atoms with Gasteiger partial charge in [-0.15, -0.1) is 0 Å². The summed E-state index contributed by atoms with van der Waals surface area (Å²) < 4.78 is 0. The van der Waals surface area contributed by atoms with Crippen LogP contribution < -0.4 is 0 Å². The molecule has 120 valence electrons. The number of benzene rings is 1. The Morgan fingerprint density at radius 1 is 0.955 bits per heavy atom. The van der Waals surface area contributed by atoms with Crippen molar-refractivity contribution in [1.29, 1.82) is 0 Å². The van der Waals surface area contributed by atoms with E-state index in [1.807, 2.05) is 0 Å². The van der Waals surface area contributed by atoms with Gasteiger partial charge < -0.3 is 4.90 Å². The average Bonchev–Trinajstić information content (AvgIpc) is 2.80. The summed E-state index contributed by atoms with van der Waals surface area (Å²) in [6.45, 7) is 5.18. The topological polar surface area (TPSA) is 6.48 Å². The van der Waals surface area contributed by atoms with E-state index in [0.717, 1.165) is 18.0 Å². The van der Waals surface area contributed by atoms with Gasteiger partial charge in [0.2, 0.25) is 0 Å². The highest BCUT2D eigenvalue weighted by atomic mass is 32.2. The maximum absolute atomic E-state index is 2.82. The predicted molar refractivity (Wildman–Crippen MR) is 95.3 cm³/mol. The first-order valence-electron chi connectivity index (χ1n) is 8.98. The quantitative estimate of drug-likeness (QED) is 0.840. The first-order valence-corrected chi connectivity index (χ1v) is 10.1. The zero-order valence-electron chi connectivity index (χ0n) is 13.5. The Labute approximate surface area is 139 Å². The monoisotopic (exact) mass is 316 g/mol. The minimum atomic E-state index is 0.850. The van der Waals surface area contributed by atoms with Crippen molar-refractivity contribution >= 4 is 11.8 Å². The Balaban J connectivity index is 1.35. The molecule has 0 spiro atoms. The van der Waals surface area contributed by atoms with Gasteiger partial charge in [-0.25, -0.2) is 0 Å². The van der Waals surface area contributed by atoms with Gasteiger partial charge in [-0.3, -0.25) is 4.90 Å². The Kier molecular flexibility index (Phi) is 4.75. The van der Waals surface area contributed by atoms with E-state index in [9.17, 15) is 0 Å². The third kappa shape index (κ3) is 3.37. The first-order chi connectivity index (χ1) is 10.9. The molecule has 2 atom stereocenters. The minimum Gasteiger partial charge on any atom is -0.301 e. The van der Waals surface area contributed by atoms with E-state index in [1.54, 1.807) is 0 Å². The summed E-state index contributed by atoms with van der Waals surface area (Å²) >= 11 is 2.13. The summed E-state index contributed by atoms with van der Waals surface area (Å²) in [5.74, 6) is 3.65. The van der Waals surface area contributed by atoms with Crippen LogP contribution in [0.25, 0.3) is 0 Å². The molecule has 3 saturated heterocycles. The second-order valence-corrected chi connectivity index (χ2v) is 8.52. The molecule has 3 aliphatic rings. The van der Waals surface area contributed by atoms with Gasteiger partial charge in [0, 0.05) is 49.8 Å². The van der Waals surface area contributed by atoms with Crippen LogP contribution in [0, 0.1) is 5.92 Å². The normalized spacial score (nSPS) is 33.2. The van der Waals surface area contributed by atoms with E-state index in [0.29, 0.717) is 0 Å². The Morgan fingerprint density at radius 3 is 2.32 bits per heavy atom. The smallest absolute Gasteiger partial charge is 0.0239 e. The Bertz CT molecular complexity index is 458. The van der Waals surface area contributed by atoms with Crippen LogP contribution in [-0.2, 0) is 6.54 Å². The van der Waals surface area contributed by atoms with Crippen LogP contribution >= 0.6 is 11.8 Å². The van der Waals surface area contributed by atoms with Gasteiger partial charge in [-0.2, -0.15) is 11.8 Å². The van der Waals surface area contributed by atoms with Gasteiger partial charge in [0.05, 0.1) is 0 Å². The van der Waals surface area contributed by atoms with Crippen molar-refractivity contribution in [2.45, 2.75) is 44.3 Å². The van der Waals surface area contributed by atoms with Crippen molar-refractivity contribution in [3.8, 4) is 0 Å². The van der Waals surface area contributed by atoms with Gasteiger partial charge in [-0.05, 0) is 37.2 Å². The number of nitrogens with zero attached hydrogens (tertiary/aromatic N) is 2.